The predicted molar refractivity (Wildman–Crippen MR) is 398 cm³/mol. The highest BCUT2D eigenvalue weighted by Gasteiger charge is 2.25. The Hall–Kier alpha value is -8.90. The maximum absolute atomic E-state index is 12.7. The van der Waals surface area contributed by atoms with Crippen molar-refractivity contribution >= 4 is 160 Å². The van der Waals surface area contributed by atoms with Crippen molar-refractivity contribution in [3.63, 3.8) is 0 Å². The Morgan fingerprint density at radius 2 is 0.772 bits per heavy atom. The number of anilines is 12. The number of halogens is 3. The number of benzene rings is 3. The third kappa shape index (κ3) is 20.9. The van der Waals surface area contributed by atoms with E-state index in [2.05, 4.69) is 101 Å². The van der Waals surface area contributed by atoms with Crippen LogP contribution >= 0.6 is 68.8 Å². The Balaban J connectivity index is 0.000000163. The molecular formula is C66H76Cl3N21O8S3. The normalized spacial score (nSPS) is 14.3. The molecule has 3 saturated heterocycles. The maximum atomic E-state index is 12.7. The van der Waals surface area contributed by atoms with E-state index in [0.717, 1.165) is 80.9 Å². The van der Waals surface area contributed by atoms with Crippen LogP contribution in [0, 0.1) is 34.6 Å². The number of rotatable bonds is 22. The fourth-order valence-electron chi connectivity index (χ4n) is 10.9. The van der Waals surface area contributed by atoms with E-state index < -0.39 is 5.97 Å². The molecule has 9 aromatic rings. The third-order valence-electron chi connectivity index (χ3n) is 16.1. The lowest BCUT2D eigenvalue weighted by Gasteiger charge is -2.35. The van der Waals surface area contributed by atoms with Crippen LogP contribution in [0.5, 0.6) is 0 Å². The van der Waals surface area contributed by atoms with E-state index in [1.165, 1.54) is 52.6 Å². The highest BCUT2D eigenvalue weighted by molar-refractivity contribution is 7.18. The van der Waals surface area contributed by atoms with E-state index in [0.29, 0.717) is 142 Å². The van der Waals surface area contributed by atoms with Gasteiger partial charge >= 0.3 is 5.97 Å². The van der Waals surface area contributed by atoms with Crippen LogP contribution < -0.4 is 46.6 Å². The largest absolute Gasteiger partial charge is 0.480 e. The number of β-amino-alcohol motifs (C(OH)–C–C–N with tert-alkyl or cyclic N) is 2. The van der Waals surface area contributed by atoms with Crippen LogP contribution in [0.4, 0.5) is 67.4 Å². The van der Waals surface area contributed by atoms with Gasteiger partial charge in [0.1, 0.15) is 67.0 Å². The monoisotopic (exact) mass is 1490 g/mol. The van der Waals surface area contributed by atoms with Gasteiger partial charge < -0.3 is 67.0 Å². The van der Waals surface area contributed by atoms with Gasteiger partial charge in [0.25, 0.3) is 17.7 Å². The minimum Gasteiger partial charge on any atom is -0.480 e. The number of para-hydroxylation sites is 3. The molecule has 6 aromatic heterocycles. The highest BCUT2D eigenvalue weighted by Crippen LogP contribution is 2.33. The summed E-state index contributed by atoms with van der Waals surface area (Å²) in [6.45, 7) is 20.2. The van der Waals surface area contributed by atoms with E-state index in [4.69, 9.17) is 50.1 Å². The Kier molecular flexibility index (Phi) is 26.4. The smallest absolute Gasteiger partial charge is 0.317 e. The standard InChI is InChI=1S/C22H24ClN7O3S.C22H26ClN7O3S.C22H26ClN7O2S/c1-13-4-3-5-15(23)20(13)28-21(33)16-11-24-22(34-16)27-17-10-18(26-14(2)25-17)30-8-6-29(7-9-30)12-19(31)32;1-14-25-18(11-19(26-14)30-7-5-29(6-8-30)9-10-31)27-22-24-12-17(34-22)21(33)28-20-15(13-32)3-2-4-16(20)23;1-14-4-3-5-16(23)20(14)28-21(32)17-13-24-22(33-17)27-18-12-19(26-15(2)25-18)30-8-6-29(7-9-30)10-11-31/h3-5,10-11H,6-9,12H2,1-2H3,(H,28,33)(H,31,32)(H,24,25,26,27);2-4,11-12,31-32H,5-10,13H2,1H3,(H,28,33)(H,24,25,26,27);3-5,12-13,31H,6-11H2,1-2H3,(H,28,32)(H,24,25,26,27). The van der Waals surface area contributed by atoms with Crippen LogP contribution in [0.3, 0.4) is 0 Å². The molecule has 10 N–H and O–H groups in total. The van der Waals surface area contributed by atoms with Gasteiger partial charge in [-0.3, -0.25) is 33.9 Å². The molecule has 12 rings (SSSR count). The number of aryl methyl sites for hydroxylation is 5. The number of carbonyl (C=O) groups excluding carboxylic acids is 3. The molecule has 0 atom stereocenters. The molecule has 29 nitrogen and oxygen atoms in total. The summed E-state index contributed by atoms with van der Waals surface area (Å²) >= 11 is 22.2. The van der Waals surface area contributed by atoms with Gasteiger partial charge in [-0.2, -0.15) is 0 Å². The van der Waals surface area contributed by atoms with Gasteiger partial charge in [-0.1, -0.05) is 105 Å². The van der Waals surface area contributed by atoms with Gasteiger partial charge in [0.05, 0.1) is 77.1 Å². The average molecular weight is 1490 g/mol. The lowest BCUT2D eigenvalue weighted by Crippen LogP contribution is -2.48. The van der Waals surface area contributed by atoms with Gasteiger partial charge in [0.2, 0.25) is 0 Å². The number of nitrogens with one attached hydrogen (secondary N) is 6. The summed E-state index contributed by atoms with van der Waals surface area (Å²) in [6, 6.07) is 21.6. The number of aliphatic hydroxyl groups is 3. The summed E-state index contributed by atoms with van der Waals surface area (Å²) in [5.74, 6) is 4.33. The second-order valence-corrected chi connectivity index (χ2v) is 27.7. The predicted octanol–water partition coefficient (Wildman–Crippen LogP) is 9.22. The molecule has 101 heavy (non-hydrogen) atoms. The average Bonchev–Trinajstić information content (AvgIpc) is 1.83. The first-order valence-corrected chi connectivity index (χ1v) is 35.7. The molecular weight excluding hydrogens is 1420 g/mol. The molecule has 3 aromatic carbocycles. The zero-order chi connectivity index (χ0) is 71.7. The van der Waals surface area contributed by atoms with Gasteiger partial charge in [-0.05, 0) is 63.9 Å². The summed E-state index contributed by atoms with van der Waals surface area (Å²) in [6.07, 6.45) is 4.52. The van der Waals surface area contributed by atoms with Crippen LogP contribution in [0.15, 0.2) is 91.4 Å². The molecule has 0 unspecified atom stereocenters. The summed E-state index contributed by atoms with van der Waals surface area (Å²) < 4.78 is 0. The first kappa shape index (κ1) is 74.8. The lowest BCUT2D eigenvalue weighted by atomic mass is 10.2. The Bertz CT molecular complexity index is 4320. The highest BCUT2D eigenvalue weighted by atomic mass is 35.5. The molecule has 3 aliphatic rings. The van der Waals surface area contributed by atoms with E-state index in [-0.39, 0.29) is 44.1 Å². The number of nitrogens with zero attached hydrogens (tertiary/aromatic N) is 15. The van der Waals surface area contributed by atoms with Crippen molar-refractivity contribution in [2.75, 3.05) is 158 Å². The summed E-state index contributed by atoms with van der Waals surface area (Å²) in [5.41, 5.74) is 3.86. The molecule has 3 fully saturated rings. The number of carboxylic acids is 1. The second kappa shape index (κ2) is 35.6. The van der Waals surface area contributed by atoms with Crippen molar-refractivity contribution in [1.82, 2.24) is 59.6 Å². The summed E-state index contributed by atoms with van der Waals surface area (Å²) in [4.78, 5) is 103. The minimum absolute atomic E-state index is 0.0411. The third-order valence-corrected chi connectivity index (χ3v) is 19.8. The Morgan fingerprint density at radius 3 is 1.10 bits per heavy atom. The molecule has 35 heteroatoms. The van der Waals surface area contributed by atoms with Crippen LogP contribution in [-0.2, 0) is 11.4 Å². The van der Waals surface area contributed by atoms with Crippen molar-refractivity contribution in [2.24, 2.45) is 0 Å². The fraction of sp³-hybridized carbons (Fsp3) is 0.348. The zero-order valence-corrected chi connectivity index (χ0v) is 60.6. The Labute approximate surface area is 609 Å². The zero-order valence-electron chi connectivity index (χ0n) is 55.9. The number of carboxylic acid groups (broad SMARTS) is 1. The number of aromatic nitrogens is 9. The first-order chi connectivity index (χ1) is 48.7. The topological polar surface area (TPSA) is 357 Å². The van der Waals surface area contributed by atoms with Crippen molar-refractivity contribution in [3.05, 3.63) is 155 Å². The van der Waals surface area contributed by atoms with Crippen LogP contribution in [0.1, 0.15) is 63.2 Å². The lowest BCUT2D eigenvalue weighted by molar-refractivity contribution is -0.138. The number of carbonyl (C=O) groups is 4. The molecule has 0 bridgehead atoms. The maximum Gasteiger partial charge on any atom is 0.317 e. The molecule has 3 amide bonds. The molecule has 0 aliphatic carbocycles. The van der Waals surface area contributed by atoms with E-state index >= 15 is 0 Å². The Morgan fingerprint density at radius 1 is 0.446 bits per heavy atom. The quantitative estimate of drug-likeness (QED) is 0.0302. The van der Waals surface area contributed by atoms with Crippen molar-refractivity contribution in [3.8, 4) is 0 Å². The number of hydrogen-bond donors (Lipinski definition) is 10. The van der Waals surface area contributed by atoms with Gasteiger partial charge in [0.15, 0.2) is 15.4 Å². The molecule has 532 valence electrons. The number of hydrogen-bond acceptors (Lipinski definition) is 28. The van der Waals surface area contributed by atoms with Crippen molar-refractivity contribution < 1.29 is 39.6 Å². The van der Waals surface area contributed by atoms with E-state index in [1.807, 2.05) is 82.0 Å². The number of amides is 3. The summed E-state index contributed by atoms with van der Waals surface area (Å²) in [7, 11) is 0. The fourth-order valence-corrected chi connectivity index (χ4v) is 13.9. The van der Waals surface area contributed by atoms with Crippen LogP contribution in [0.25, 0.3) is 0 Å². The molecule has 0 spiro atoms. The SMILES string of the molecule is Cc1nc(Nc2ncc(C(=O)Nc3c(C)cccc3Cl)s2)cc(N2CCN(CC(=O)O)CC2)n1.Cc1nc(Nc2ncc(C(=O)Nc3c(C)cccc3Cl)s2)cc(N2CCN(CCO)CC2)n1.Cc1nc(Nc2ncc(C(=O)Nc3c(Cl)cccc3CO)s2)cc(N2CCN(CCO)CC2)n1. The number of aliphatic carboxylic acids is 1. The van der Waals surface area contributed by atoms with Gasteiger partial charge in [0, 0.05) is 115 Å². The number of aliphatic hydroxyl groups excluding tert-OH is 3. The second-order valence-electron chi connectivity index (χ2n) is 23.4. The van der Waals surface area contributed by atoms with Crippen LogP contribution in [-0.4, -0.2) is 215 Å². The van der Waals surface area contributed by atoms with E-state index in [1.54, 1.807) is 30.3 Å². The van der Waals surface area contributed by atoms with Gasteiger partial charge in [-0.25, -0.2) is 44.9 Å². The summed E-state index contributed by atoms with van der Waals surface area (Å²) in [5, 5.41) is 57.7. The van der Waals surface area contributed by atoms with E-state index in [9.17, 15) is 24.3 Å². The van der Waals surface area contributed by atoms with Crippen molar-refractivity contribution in [1.29, 1.82) is 0 Å². The first-order valence-electron chi connectivity index (χ1n) is 32.1. The van der Waals surface area contributed by atoms with Crippen molar-refractivity contribution in [2.45, 2.75) is 41.2 Å². The molecule has 0 saturated carbocycles. The molecule has 0 radical (unpaired) electrons. The molecule has 9 heterocycles. The molecule has 3 aliphatic heterocycles. The number of piperazine rings is 3. The van der Waals surface area contributed by atoms with Gasteiger partial charge in [-0.15, -0.1) is 0 Å². The minimum atomic E-state index is -0.823. The number of thiazole rings is 3. The van der Waals surface area contributed by atoms with Crippen LogP contribution in [0.2, 0.25) is 15.1 Å².